The zero-order chi connectivity index (χ0) is 12.3. The lowest BCUT2D eigenvalue weighted by Crippen LogP contribution is -2.48. The van der Waals surface area contributed by atoms with Gasteiger partial charge >= 0.3 is 0 Å². The SMILES string of the molecule is NC(=S)C1(C(=O)NCC2CCCC2)CCCC1. The van der Waals surface area contributed by atoms with Gasteiger partial charge < -0.3 is 11.1 Å². The first-order valence-corrected chi connectivity index (χ1v) is 7.14. The van der Waals surface area contributed by atoms with Crippen LogP contribution in [0.25, 0.3) is 0 Å². The third-order valence-corrected chi connectivity index (χ3v) is 4.78. The molecule has 0 aromatic heterocycles. The molecule has 2 rings (SSSR count). The summed E-state index contributed by atoms with van der Waals surface area (Å²) >= 11 is 5.11. The van der Waals surface area contributed by atoms with Gasteiger partial charge in [-0.3, -0.25) is 4.79 Å². The molecule has 0 aromatic rings. The summed E-state index contributed by atoms with van der Waals surface area (Å²) in [5, 5.41) is 3.08. The van der Waals surface area contributed by atoms with Crippen LogP contribution in [0.2, 0.25) is 0 Å². The van der Waals surface area contributed by atoms with Crippen LogP contribution in [-0.4, -0.2) is 17.4 Å². The van der Waals surface area contributed by atoms with Crippen molar-refractivity contribution in [1.29, 1.82) is 0 Å². The number of rotatable bonds is 4. The molecule has 0 spiro atoms. The Morgan fingerprint density at radius 1 is 1.24 bits per heavy atom. The van der Waals surface area contributed by atoms with Crippen LogP contribution in [0.1, 0.15) is 51.4 Å². The van der Waals surface area contributed by atoms with Gasteiger partial charge in [0, 0.05) is 6.54 Å². The largest absolute Gasteiger partial charge is 0.392 e. The molecule has 3 N–H and O–H groups in total. The number of amides is 1. The quantitative estimate of drug-likeness (QED) is 0.756. The number of carbonyl (C=O) groups excluding carboxylic acids is 1. The minimum atomic E-state index is -0.534. The Kier molecular flexibility index (Phi) is 4.02. The average Bonchev–Trinajstić information content (AvgIpc) is 2.97. The lowest BCUT2D eigenvalue weighted by Gasteiger charge is -2.27. The Bertz CT molecular complexity index is 305. The second kappa shape index (κ2) is 5.34. The molecule has 3 nitrogen and oxygen atoms in total. The highest BCUT2D eigenvalue weighted by molar-refractivity contribution is 7.80. The summed E-state index contributed by atoms with van der Waals surface area (Å²) in [7, 11) is 0. The molecule has 0 unspecified atom stereocenters. The molecule has 2 fully saturated rings. The van der Waals surface area contributed by atoms with Gasteiger partial charge in [-0.1, -0.05) is 37.9 Å². The smallest absolute Gasteiger partial charge is 0.233 e. The first-order chi connectivity index (χ1) is 8.15. The standard InChI is InChI=1S/C13H22N2OS/c14-11(17)13(7-3-4-8-13)12(16)15-9-10-5-1-2-6-10/h10H,1-9H2,(H2,14,17)(H,15,16). The van der Waals surface area contributed by atoms with E-state index in [1.54, 1.807) is 0 Å². The first kappa shape index (κ1) is 12.8. The molecule has 96 valence electrons. The van der Waals surface area contributed by atoms with Crippen molar-refractivity contribution in [3.8, 4) is 0 Å². The maximum Gasteiger partial charge on any atom is 0.233 e. The maximum atomic E-state index is 12.3. The van der Waals surface area contributed by atoms with Crippen molar-refractivity contribution >= 4 is 23.1 Å². The molecule has 2 aliphatic rings. The third kappa shape index (κ3) is 2.62. The lowest BCUT2D eigenvalue weighted by atomic mass is 9.85. The highest BCUT2D eigenvalue weighted by Crippen LogP contribution is 2.38. The fourth-order valence-electron chi connectivity index (χ4n) is 3.18. The molecule has 0 saturated heterocycles. The molecule has 2 saturated carbocycles. The predicted molar refractivity (Wildman–Crippen MR) is 72.7 cm³/mol. The van der Waals surface area contributed by atoms with E-state index in [0.717, 1.165) is 32.2 Å². The monoisotopic (exact) mass is 254 g/mol. The van der Waals surface area contributed by atoms with E-state index in [2.05, 4.69) is 5.32 Å². The molecule has 0 bridgehead atoms. The van der Waals surface area contributed by atoms with Crippen LogP contribution in [0.5, 0.6) is 0 Å². The summed E-state index contributed by atoms with van der Waals surface area (Å²) in [5.74, 6) is 0.748. The van der Waals surface area contributed by atoms with Crippen LogP contribution in [0.15, 0.2) is 0 Å². The van der Waals surface area contributed by atoms with Crippen LogP contribution in [0, 0.1) is 11.3 Å². The number of nitrogens with two attached hydrogens (primary N) is 1. The molecule has 0 aliphatic heterocycles. The number of hydrogen-bond donors (Lipinski definition) is 2. The second-order valence-corrected chi connectivity index (χ2v) is 5.95. The lowest BCUT2D eigenvalue weighted by molar-refractivity contribution is -0.127. The van der Waals surface area contributed by atoms with Crippen molar-refractivity contribution in [1.82, 2.24) is 5.32 Å². The maximum absolute atomic E-state index is 12.3. The fraction of sp³-hybridized carbons (Fsp3) is 0.846. The third-order valence-electron chi connectivity index (χ3n) is 4.39. The van der Waals surface area contributed by atoms with Gasteiger partial charge in [0.25, 0.3) is 0 Å². The van der Waals surface area contributed by atoms with E-state index < -0.39 is 5.41 Å². The fourth-order valence-corrected chi connectivity index (χ4v) is 3.48. The molecule has 0 heterocycles. The Hall–Kier alpha value is -0.640. The molecule has 0 radical (unpaired) electrons. The van der Waals surface area contributed by atoms with Gasteiger partial charge in [0.15, 0.2) is 0 Å². The molecule has 17 heavy (non-hydrogen) atoms. The van der Waals surface area contributed by atoms with Crippen LogP contribution in [0.4, 0.5) is 0 Å². The Balaban J connectivity index is 1.90. The zero-order valence-corrected chi connectivity index (χ0v) is 11.2. The van der Waals surface area contributed by atoms with Crippen LogP contribution in [0.3, 0.4) is 0 Å². The van der Waals surface area contributed by atoms with E-state index in [1.165, 1.54) is 25.7 Å². The second-order valence-electron chi connectivity index (χ2n) is 5.51. The van der Waals surface area contributed by atoms with E-state index in [1.807, 2.05) is 0 Å². The number of thiocarbonyl (C=S) groups is 1. The summed E-state index contributed by atoms with van der Waals surface area (Å²) in [6.07, 6.45) is 8.91. The van der Waals surface area contributed by atoms with Crippen molar-refractivity contribution < 1.29 is 4.79 Å². The highest BCUT2D eigenvalue weighted by atomic mass is 32.1. The van der Waals surface area contributed by atoms with Gasteiger partial charge in [0.1, 0.15) is 0 Å². The van der Waals surface area contributed by atoms with E-state index in [-0.39, 0.29) is 5.91 Å². The highest BCUT2D eigenvalue weighted by Gasteiger charge is 2.43. The van der Waals surface area contributed by atoms with Crippen LogP contribution in [-0.2, 0) is 4.79 Å². The Morgan fingerprint density at radius 2 is 1.82 bits per heavy atom. The van der Waals surface area contributed by atoms with Crippen molar-refractivity contribution in [2.45, 2.75) is 51.4 Å². The minimum Gasteiger partial charge on any atom is -0.392 e. The first-order valence-electron chi connectivity index (χ1n) is 6.73. The Labute approximate surface area is 109 Å². The van der Waals surface area contributed by atoms with Crippen molar-refractivity contribution in [3.63, 3.8) is 0 Å². The number of carbonyl (C=O) groups is 1. The number of hydrogen-bond acceptors (Lipinski definition) is 2. The topological polar surface area (TPSA) is 55.1 Å². The summed E-state index contributed by atoms with van der Waals surface area (Å²) in [4.78, 5) is 12.7. The van der Waals surface area contributed by atoms with Gasteiger partial charge in [-0.25, -0.2) is 0 Å². The average molecular weight is 254 g/mol. The molecule has 4 heteroatoms. The van der Waals surface area contributed by atoms with Gasteiger partial charge in [-0.05, 0) is 31.6 Å². The molecule has 2 aliphatic carbocycles. The summed E-state index contributed by atoms with van der Waals surface area (Å²) < 4.78 is 0. The van der Waals surface area contributed by atoms with Crippen molar-refractivity contribution in [2.75, 3.05) is 6.54 Å². The van der Waals surface area contributed by atoms with Crippen LogP contribution < -0.4 is 11.1 Å². The molecular weight excluding hydrogens is 232 g/mol. The molecule has 1 amide bonds. The van der Waals surface area contributed by atoms with Crippen molar-refractivity contribution in [2.24, 2.45) is 17.1 Å². The van der Waals surface area contributed by atoms with Gasteiger partial charge in [-0.2, -0.15) is 0 Å². The molecule has 0 aromatic carbocycles. The van der Waals surface area contributed by atoms with E-state index >= 15 is 0 Å². The Morgan fingerprint density at radius 3 is 2.35 bits per heavy atom. The van der Waals surface area contributed by atoms with Gasteiger partial charge in [0.2, 0.25) is 5.91 Å². The number of nitrogens with one attached hydrogen (secondary N) is 1. The van der Waals surface area contributed by atoms with Crippen LogP contribution >= 0.6 is 12.2 Å². The van der Waals surface area contributed by atoms with Crippen molar-refractivity contribution in [3.05, 3.63) is 0 Å². The van der Waals surface area contributed by atoms with E-state index in [4.69, 9.17) is 18.0 Å². The summed E-state index contributed by atoms with van der Waals surface area (Å²) in [6.45, 7) is 0.809. The van der Waals surface area contributed by atoms with Gasteiger partial charge in [0.05, 0.1) is 10.4 Å². The summed E-state index contributed by atoms with van der Waals surface area (Å²) in [6, 6.07) is 0. The minimum absolute atomic E-state index is 0.0781. The predicted octanol–water partition coefficient (Wildman–Crippen LogP) is 2.14. The summed E-state index contributed by atoms with van der Waals surface area (Å²) in [5.41, 5.74) is 5.25. The van der Waals surface area contributed by atoms with Gasteiger partial charge in [-0.15, -0.1) is 0 Å². The van der Waals surface area contributed by atoms with E-state index in [0.29, 0.717) is 10.9 Å². The molecular formula is C13H22N2OS. The normalized spacial score (nSPS) is 23.8. The van der Waals surface area contributed by atoms with E-state index in [9.17, 15) is 4.79 Å². The zero-order valence-electron chi connectivity index (χ0n) is 10.3. The molecule has 0 atom stereocenters.